The second kappa shape index (κ2) is 7.56. The zero-order valence-corrected chi connectivity index (χ0v) is 18.6. The van der Waals surface area contributed by atoms with E-state index in [9.17, 15) is 13.2 Å². The molecule has 10 heteroatoms. The molecule has 2 aliphatic rings. The SMILES string of the molecule is CC(C)(C)Oc1cc(B2OC(C)(C)C(C)(C)O2)cc(N2CCOCC2C(F)(F)F)n1. The highest BCUT2D eigenvalue weighted by Gasteiger charge is 2.52. The molecule has 168 valence electrons. The molecule has 2 aliphatic heterocycles. The van der Waals surface area contributed by atoms with Crippen molar-refractivity contribution in [1.29, 1.82) is 0 Å². The smallest absolute Gasteiger partial charge is 0.472 e. The van der Waals surface area contributed by atoms with E-state index in [2.05, 4.69) is 4.98 Å². The third-order valence-corrected chi connectivity index (χ3v) is 5.55. The van der Waals surface area contributed by atoms with Crippen molar-refractivity contribution < 1.29 is 32.0 Å². The molecule has 1 atom stereocenters. The van der Waals surface area contributed by atoms with E-state index < -0.39 is 42.7 Å². The van der Waals surface area contributed by atoms with E-state index >= 15 is 0 Å². The van der Waals surface area contributed by atoms with Crippen LogP contribution in [0.2, 0.25) is 0 Å². The fourth-order valence-electron chi connectivity index (χ4n) is 3.29. The fourth-order valence-corrected chi connectivity index (χ4v) is 3.29. The number of anilines is 1. The summed E-state index contributed by atoms with van der Waals surface area (Å²) >= 11 is 0. The quantitative estimate of drug-likeness (QED) is 0.686. The van der Waals surface area contributed by atoms with Crippen LogP contribution in [0, 0.1) is 0 Å². The van der Waals surface area contributed by atoms with Gasteiger partial charge >= 0.3 is 13.3 Å². The van der Waals surface area contributed by atoms with E-state index in [1.54, 1.807) is 12.1 Å². The van der Waals surface area contributed by atoms with Gasteiger partial charge in [-0.25, -0.2) is 0 Å². The zero-order chi connectivity index (χ0) is 22.5. The van der Waals surface area contributed by atoms with Crippen molar-refractivity contribution in [2.24, 2.45) is 0 Å². The molecule has 0 radical (unpaired) electrons. The Morgan fingerprint density at radius 3 is 2.23 bits per heavy atom. The molecule has 1 aromatic heterocycles. The monoisotopic (exact) mass is 430 g/mol. The topological polar surface area (TPSA) is 53.0 Å². The van der Waals surface area contributed by atoms with Gasteiger partial charge in [-0.2, -0.15) is 18.2 Å². The number of pyridine rings is 1. The van der Waals surface area contributed by atoms with Crippen LogP contribution in [-0.4, -0.2) is 60.9 Å². The molecule has 3 rings (SSSR count). The Balaban J connectivity index is 2.03. The first-order valence-electron chi connectivity index (χ1n) is 10.1. The predicted octanol–water partition coefficient (Wildman–Crippen LogP) is 3.33. The summed E-state index contributed by atoms with van der Waals surface area (Å²) in [6.45, 7) is 13.0. The highest BCUT2D eigenvalue weighted by Crippen LogP contribution is 2.37. The first-order chi connectivity index (χ1) is 13.6. The molecule has 0 N–H and O–H groups in total. The van der Waals surface area contributed by atoms with Gasteiger partial charge in [0.15, 0.2) is 0 Å². The van der Waals surface area contributed by atoms with E-state index in [-0.39, 0.29) is 24.8 Å². The molecule has 0 amide bonds. The van der Waals surface area contributed by atoms with Gasteiger partial charge in [-0.3, -0.25) is 0 Å². The predicted molar refractivity (Wildman–Crippen MR) is 108 cm³/mol. The number of aromatic nitrogens is 1. The standard InChI is InChI=1S/C20H30BF3N2O4/c1-17(2,3)28-16-11-13(21-29-18(4,5)19(6,7)30-21)10-15(25-16)26-8-9-27-12-14(26)20(22,23)24/h10-11,14H,8-9,12H2,1-7H3. The Morgan fingerprint density at radius 1 is 1.10 bits per heavy atom. The van der Waals surface area contributed by atoms with Gasteiger partial charge in [0.05, 0.1) is 24.4 Å². The summed E-state index contributed by atoms with van der Waals surface area (Å²) in [4.78, 5) is 5.60. The molecule has 1 unspecified atom stereocenters. The molecule has 0 aliphatic carbocycles. The second-order valence-electron chi connectivity index (χ2n) is 9.73. The van der Waals surface area contributed by atoms with Gasteiger partial charge in [0.2, 0.25) is 5.88 Å². The minimum Gasteiger partial charge on any atom is -0.472 e. The van der Waals surface area contributed by atoms with Gasteiger partial charge < -0.3 is 23.7 Å². The third-order valence-electron chi connectivity index (χ3n) is 5.55. The summed E-state index contributed by atoms with van der Waals surface area (Å²) in [7, 11) is -0.746. The lowest BCUT2D eigenvalue weighted by Crippen LogP contribution is -2.54. The summed E-state index contributed by atoms with van der Waals surface area (Å²) in [5.41, 5.74) is -1.18. The van der Waals surface area contributed by atoms with Crippen LogP contribution < -0.4 is 15.1 Å². The molecule has 30 heavy (non-hydrogen) atoms. The third kappa shape index (κ3) is 4.86. The number of ether oxygens (including phenoxy) is 2. The van der Waals surface area contributed by atoms with Crippen LogP contribution in [0.4, 0.5) is 19.0 Å². The normalized spacial score (nSPS) is 24.3. The Hall–Kier alpha value is -1.52. The van der Waals surface area contributed by atoms with Gasteiger partial charge in [0.25, 0.3) is 0 Å². The number of hydrogen-bond donors (Lipinski definition) is 0. The van der Waals surface area contributed by atoms with Crippen LogP contribution in [0.3, 0.4) is 0 Å². The first kappa shape index (κ1) is 23.2. The van der Waals surface area contributed by atoms with Crippen LogP contribution in [-0.2, 0) is 14.0 Å². The lowest BCUT2D eigenvalue weighted by Gasteiger charge is -2.37. The number of halogens is 3. The minimum absolute atomic E-state index is 0.0684. The van der Waals surface area contributed by atoms with Crippen molar-refractivity contribution in [3.8, 4) is 5.88 Å². The zero-order valence-electron chi connectivity index (χ0n) is 18.6. The fraction of sp³-hybridized carbons (Fsp3) is 0.750. The van der Waals surface area contributed by atoms with Crippen LogP contribution in [0.5, 0.6) is 5.88 Å². The number of hydrogen-bond acceptors (Lipinski definition) is 6. The van der Waals surface area contributed by atoms with Crippen LogP contribution >= 0.6 is 0 Å². The van der Waals surface area contributed by atoms with Gasteiger partial charge in [-0.05, 0) is 60.0 Å². The molecule has 0 saturated carbocycles. The van der Waals surface area contributed by atoms with E-state index in [0.29, 0.717) is 5.46 Å². The summed E-state index contributed by atoms with van der Waals surface area (Å²) in [5.74, 6) is 0.379. The van der Waals surface area contributed by atoms with Crippen molar-refractivity contribution in [1.82, 2.24) is 4.98 Å². The average molecular weight is 430 g/mol. The number of rotatable bonds is 3. The minimum atomic E-state index is -4.45. The molecule has 6 nitrogen and oxygen atoms in total. The molecule has 2 saturated heterocycles. The van der Waals surface area contributed by atoms with Gasteiger partial charge in [0.1, 0.15) is 17.5 Å². The Labute approximate surface area is 176 Å². The van der Waals surface area contributed by atoms with E-state index in [4.69, 9.17) is 18.8 Å². The Bertz CT molecular complexity index is 764. The summed E-state index contributed by atoms with van der Waals surface area (Å²) in [6, 6.07) is 1.47. The molecule has 0 aromatic carbocycles. The van der Waals surface area contributed by atoms with E-state index in [0.717, 1.165) is 0 Å². The molecular weight excluding hydrogens is 400 g/mol. The summed E-state index contributed by atoms with van der Waals surface area (Å²) < 4.78 is 64.1. The molecular formula is C20H30BF3N2O4. The molecule has 1 aromatic rings. The lowest BCUT2D eigenvalue weighted by molar-refractivity contribution is -0.167. The van der Waals surface area contributed by atoms with Crippen molar-refractivity contribution in [3.05, 3.63) is 12.1 Å². The summed E-state index contributed by atoms with van der Waals surface area (Å²) in [6.07, 6.45) is -4.45. The average Bonchev–Trinajstić information content (AvgIpc) is 2.80. The van der Waals surface area contributed by atoms with Crippen LogP contribution in [0.25, 0.3) is 0 Å². The van der Waals surface area contributed by atoms with Crippen molar-refractivity contribution in [2.75, 3.05) is 24.7 Å². The largest absolute Gasteiger partial charge is 0.495 e. The number of nitrogens with zero attached hydrogens (tertiary/aromatic N) is 2. The molecule has 0 spiro atoms. The highest BCUT2D eigenvalue weighted by molar-refractivity contribution is 6.62. The van der Waals surface area contributed by atoms with Crippen molar-refractivity contribution in [3.63, 3.8) is 0 Å². The van der Waals surface area contributed by atoms with Crippen molar-refractivity contribution >= 4 is 18.4 Å². The molecule has 0 bridgehead atoms. The van der Waals surface area contributed by atoms with E-state index in [1.807, 2.05) is 48.5 Å². The first-order valence-corrected chi connectivity index (χ1v) is 10.1. The van der Waals surface area contributed by atoms with E-state index in [1.165, 1.54) is 4.90 Å². The van der Waals surface area contributed by atoms with Gasteiger partial charge in [-0.15, -0.1) is 0 Å². The molecule has 2 fully saturated rings. The van der Waals surface area contributed by atoms with Gasteiger partial charge in [0, 0.05) is 12.6 Å². The highest BCUT2D eigenvalue weighted by atomic mass is 19.4. The number of morpholine rings is 1. The van der Waals surface area contributed by atoms with Gasteiger partial charge in [-0.1, -0.05) is 0 Å². The Morgan fingerprint density at radius 2 is 1.70 bits per heavy atom. The Kier molecular flexibility index (Phi) is 5.84. The molecule has 3 heterocycles. The maximum Gasteiger partial charge on any atom is 0.495 e. The second-order valence-corrected chi connectivity index (χ2v) is 9.73. The van der Waals surface area contributed by atoms with Crippen molar-refractivity contribution in [2.45, 2.75) is 77.5 Å². The summed E-state index contributed by atoms with van der Waals surface area (Å²) in [5, 5.41) is 0. The van der Waals surface area contributed by atoms with Crippen LogP contribution in [0.15, 0.2) is 12.1 Å². The maximum absolute atomic E-state index is 13.6. The lowest BCUT2D eigenvalue weighted by atomic mass is 9.79. The number of alkyl halides is 3. The van der Waals surface area contributed by atoms with Crippen LogP contribution in [0.1, 0.15) is 48.5 Å². The maximum atomic E-state index is 13.6.